The van der Waals surface area contributed by atoms with E-state index in [-0.39, 0.29) is 11.3 Å². The average Bonchev–Trinajstić information content (AvgIpc) is 2.67. The highest BCUT2D eigenvalue weighted by Gasteiger charge is 2.34. The summed E-state index contributed by atoms with van der Waals surface area (Å²) in [6, 6.07) is 13.0. The van der Waals surface area contributed by atoms with Crippen LogP contribution in [0.1, 0.15) is 30.4 Å². The van der Waals surface area contributed by atoms with Gasteiger partial charge in [0.25, 0.3) is 0 Å². The maximum Gasteiger partial charge on any atom is 0.426 e. The number of rotatable bonds is 10. The number of carboxylic acid groups (broad SMARTS) is 1. The van der Waals surface area contributed by atoms with Crippen LogP contribution in [0.2, 0.25) is 0 Å². The summed E-state index contributed by atoms with van der Waals surface area (Å²) < 4.78 is 38.9. The predicted octanol–water partition coefficient (Wildman–Crippen LogP) is 4.99. The second kappa shape index (κ2) is 10.1. The average molecular weight is 387 g/mol. The van der Waals surface area contributed by atoms with E-state index in [1.807, 2.05) is 6.07 Å². The van der Waals surface area contributed by atoms with Gasteiger partial charge in [0.1, 0.15) is 11.5 Å². The Morgan fingerprint density at radius 2 is 1.71 bits per heavy atom. The fourth-order valence-electron chi connectivity index (χ4n) is 2.26. The summed E-state index contributed by atoms with van der Waals surface area (Å²) in [5.41, 5.74) is 0.230. The Labute approximate surface area is 161 Å². The molecule has 0 spiro atoms. The van der Waals surface area contributed by atoms with Crippen molar-refractivity contribution in [1.82, 2.24) is 0 Å². The number of halogens is 2. The van der Waals surface area contributed by atoms with E-state index in [1.54, 1.807) is 0 Å². The highest BCUT2D eigenvalue weighted by atomic mass is 19.3. The molecule has 0 bridgehead atoms. The summed E-state index contributed by atoms with van der Waals surface area (Å²) in [5, 5.41) is 17.0. The molecule has 0 radical (unpaired) electrons. The predicted molar refractivity (Wildman–Crippen MR) is 99.0 cm³/mol. The molecule has 0 atom stereocenters. The van der Waals surface area contributed by atoms with Gasteiger partial charge >= 0.3 is 12.1 Å². The number of unbranched alkanes of at least 4 members (excludes halogenated alkanes) is 2. The standard InChI is InChI=1S/C21H19F2NO4/c22-21(23,28-19-9-4-16(5-10-19)6-13-20(25)26)17-7-11-18(12-8-17)27-15-3-1-2-14-24/h4-13H,1-3,15H2,(H,25,26). The van der Waals surface area contributed by atoms with Crippen LogP contribution in [0, 0.1) is 11.3 Å². The van der Waals surface area contributed by atoms with Crippen LogP contribution in [0.5, 0.6) is 11.5 Å². The van der Waals surface area contributed by atoms with Crippen LogP contribution in [-0.2, 0) is 10.9 Å². The Kier molecular flexibility index (Phi) is 7.52. The van der Waals surface area contributed by atoms with Crippen LogP contribution in [0.15, 0.2) is 54.6 Å². The van der Waals surface area contributed by atoms with E-state index < -0.39 is 12.1 Å². The number of alkyl halides is 2. The Morgan fingerprint density at radius 3 is 2.32 bits per heavy atom. The number of benzene rings is 2. The number of ether oxygens (including phenoxy) is 2. The van der Waals surface area contributed by atoms with E-state index >= 15 is 0 Å². The minimum Gasteiger partial charge on any atom is -0.494 e. The van der Waals surface area contributed by atoms with Crippen molar-refractivity contribution in [3.63, 3.8) is 0 Å². The van der Waals surface area contributed by atoms with E-state index in [0.29, 0.717) is 30.8 Å². The molecule has 146 valence electrons. The molecule has 28 heavy (non-hydrogen) atoms. The topological polar surface area (TPSA) is 79.5 Å². The molecular formula is C21H19F2NO4. The largest absolute Gasteiger partial charge is 0.494 e. The van der Waals surface area contributed by atoms with E-state index in [1.165, 1.54) is 54.6 Å². The van der Waals surface area contributed by atoms with Gasteiger partial charge in [-0.25, -0.2) is 4.79 Å². The maximum absolute atomic E-state index is 14.3. The van der Waals surface area contributed by atoms with Crippen molar-refractivity contribution in [3.8, 4) is 17.6 Å². The van der Waals surface area contributed by atoms with E-state index in [4.69, 9.17) is 19.8 Å². The molecule has 0 unspecified atom stereocenters. The molecule has 0 amide bonds. The third kappa shape index (κ3) is 6.72. The Balaban J connectivity index is 1.94. The zero-order chi connectivity index (χ0) is 20.4. The summed E-state index contributed by atoms with van der Waals surface area (Å²) in [4.78, 5) is 10.5. The second-order valence-electron chi connectivity index (χ2n) is 5.85. The van der Waals surface area contributed by atoms with Crippen LogP contribution in [0.4, 0.5) is 8.78 Å². The summed E-state index contributed by atoms with van der Waals surface area (Å²) in [5.74, 6) is -0.678. The Hall–Kier alpha value is -3.40. The molecule has 0 heterocycles. The summed E-state index contributed by atoms with van der Waals surface area (Å²) >= 11 is 0. The lowest BCUT2D eigenvalue weighted by molar-refractivity contribution is -0.185. The highest BCUT2D eigenvalue weighted by Crippen LogP contribution is 2.32. The van der Waals surface area contributed by atoms with Crippen molar-refractivity contribution in [2.75, 3.05) is 6.61 Å². The molecule has 7 heteroatoms. The molecule has 0 saturated carbocycles. The fourth-order valence-corrected chi connectivity index (χ4v) is 2.26. The SMILES string of the molecule is N#CCCCCOc1ccc(C(F)(F)Oc2ccc(C=CC(=O)O)cc2)cc1. The van der Waals surface area contributed by atoms with Crippen LogP contribution in [-0.4, -0.2) is 17.7 Å². The van der Waals surface area contributed by atoms with Gasteiger partial charge in [-0.05, 0) is 60.9 Å². The third-order valence-electron chi connectivity index (χ3n) is 3.69. The van der Waals surface area contributed by atoms with Gasteiger partial charge in [0.05, 0.1) is 18.2 Å². The van der Waals surface area contributed by atoms with Crippen molar-refractivity contribution in [3.05, 3.63) is 65.7 Å². The van der Waals surface area contributed by atoms with Gasteiger partial charge in [0.2, 0.25) is 0 Å². The van der Waals surface area contributed by atoms with E-state index in [0.717, 1.165) is 12.5 Å². The van der Waals surface area contributed by atoms with Gasteiger partial charge in [0, 0.05) is 12.5 Å². The first kappa shape index (κ1) is 20.9. The van der Waals surface area contributed by atoms with Crippen molar-refractivity contribution < 1.29 is 28.2 Å². The van der Waals surface area contributed by atoms with Gasteiger partial charge in [-0.2, -0.15) is 14.0 Å². The minimum absolute atomic E-state index is 0.0460. The van der Waals surface area contributed by atoms with Crippen molar-refractivity contribution in [2.45, 2.75) is 25.4 Å². The van der Waals surface area contributed by atoms with Crippen LogP contribution in [0.3, 0.4) is 0 Å². The molecule has 2 aromatic rings. The molecule has 0 aliphatic carbocycles. The van der Waals surface area contributed by atoms with Gasteiger partial charge in [-0.15, -0.1) is 0 Å². The van der Waals surface area contributed by atoms with Crippen molar-refractivity contribution >= 4 is 12.0 Å². The van der Waals surface area contributed by atoms with Gasteiger partial charge < -0.3 is 14.6 Å². The Morgan fingerprint density at radius 1 is 1.07 bits per heavy atom. The van der Waals surface area contributed by atoms with Crippen molar-refractivity contribution in [1.29, 1.82) is 5.26 Å². The molecule has 0 fully saturated rings. The molecule has 0 aliphatic heterocycles. The number of nitrogens with zero attached hydrogens (tertiary/aromatic N) is 1. The second-order valence-corrected chi connectivity index (χ2v) is 5.85. The maximum atomic E-state index is 14.3. The molecule has 0 aromatic heterocycles. The number of aliphatic carboxylic acids is 1. The van der Waals surface area contributed by atoms with Crippen LogP contribution >= 0.6 is 0 Å². The molecule has 5 nitrogen and oxygen atoms in total. The first-order chi connectivity index (χ1) is 13.4. The number of carbonyl (C=O) groups is 1. The third-order valence-corrected chi connectivity index (χ3v) is 3.69. The first-order valence-electron chi connectivity index (χ1n) is 8.59. The summed E-state index contributed by atoms with van der Waals surface area (Å²) in [6.07, 6.45) is 0.672. The molecule has 1 N–H and O–H groups in total. The summed E-state index contributed by atoms with van der Waals surface area (Å²) in [7, 11) is 0. The number of hydrogen-bond donors (Lipinski definition) is 1. The van der Waals surface area contributed by atoms with E-state index in [2.05, 4.69) is 0 Å². The lowest BCUT2D eigenvalue weighted by atomic mass is 10.2. The number of hydrogen-bond acceptors (Lipinski definition) is 4. The number of nitriles is 1. The molecule has 2 aromatic carbocycles. The molecule has 0 saturated heterocycles. The lowest BCUT2D eigenvalue weighted by Crippen LogP contribution is -2.21. The quantitative estimate of drug-likeness (QED) is 0.459. The monoisotopic (exact) mass is 387 g/mol. The zero-order valence-electron chi connectivity index (χ0n) is 15.0. The smallest absolute Gasteiger partial charge is 0.426 e. The van der Waals surface area contributed by atoms with Gasteiger partial charge in [0.15, 0.2) is 0 Å². The zero-order valence-corrected chi connectivity index (χ0v) is 15.0. The van der Waals surface area contributed by atoms with Gasteiger partial charge in [-0.3, -0.25) is 0 Å². The normalized spacial score (nSPS) is 11.2. The highest BCUT2D eigenvalue weighted by molar-refractivity contribution is 5.85. The molecular weight excluding hydrogens is 368 g/mol. The van der Waals surface area contributed by atoms with Crippen molar-refractivity contribution in [2.24, 2.45) is 0 Å². The van der Waals surface area contributed by atoms with Gasteiger partial charge in [-0.1, -0.05) is 12.1 Å². The van der Waals surface area contributed by atoms with Crippen LogP contribution < -0.4 is 9.47 Å². The summed E-state index contributed by atoms with van der Waals surface area (Å²) in [6.45, 7) is 0.413. The Bertz CT molecular complexity index is 840. The molecule has 2 rings (SSSR count). The molecule has 0 aliphatic rings. The van der Waals surface area contributed by atoms with E-state index in [9.17, 15) is 13.6 Å². The lowest BCUT2D eigenvalue weighted by Gasteiger charge is -2.18. The minimum atomic E-state index is -3.54. The first-order valence-corrected chi connectivity index (χ1v) is 8.59. The number of carboxylic acids is 1. The fraction of sp³-hybridized carbons (Fsp3) is 0.238. The van der Waals surface area contributed by atoms with Crippen LogP contribution in [0.25, 0.3) is 6.08 Å².